The zero-order valence-electron chi connectivity index (χ0n) is 17.4. The molecule has 0 aromatic heterocycles. The molecule has 150 valence electrons. The highest BCUT2D eigenvalue weighted by Gasteiger charge is 2.34. The van der Waals surface area contributed by atoms with Crippen molar-refractivity contribution in [1.29, 1.82) is 0 Å². The average Bonchev–Trinajstić information content (AvgIpc) is 2.59. The third-order valence-corrected chi connectivity index (χ3v) is 4.29. The van der Waals surface area contributed by atoms with E-state index in [1.807, 2.05) is 45.0 Å². The van der Waals surface area contributed by atoms with E-state index in [2.05, 4.69) is 29.4 Å². The minimum absolute atomic E-state index is 0.347. The monoisotopic (exact) mass is 382 g/mol. The lowest BCUT2D eigenvalue weighted by Gasteiger charge is -2.30. The maximum Gasteiger partial charge on any atom is 0.338 e. The summed E-state index contributed by atoms with van der Waals surface area (Å²) in [5, 5.41) is 5.53. The molecule has 1 heterocycles. The van der Waals surface area contributed by atoms with Gasteiger partial charge in [0.15, 0.2) is 0 Å². The SMILES string of the molecule is CCCCCC#Cc1ccccc1C1NC(=O)NC(C)=C1C(=O)OC(C)(C)C. The van der Waals surface area contributed by atoms with Gasteiger partial charge >= 0.3 is 12.0 Å². The van der Waals surface area contributed by atoms with Gasteiger partial charge in [0.1, 0.15) is 5.60 Å². The van der Waals surface area contributed by atoms with Gasteiger partial charge < -0.3 is 15.4 Å². The van der Waals surface area contributed by atoms with E-state index in [1.54, 1.807) is 6.92 Å². The molecule has 5 nitrogen and oxygen atoms in total. The number of rotatable bonds is 5. The van der Waals surface area contributed by atoms with Gasteiger partial charge in [-0.3, -0.25) is 0 Å². The van der Waals surface area contributed by atoms with Crippen LogP contribution < -0.4 is 10.6 Å². The number of esters is 1. The third-order valence-electron chi connectivity index (χ3n) is 4.29. The second-order valence-corrected chi connectivity index (χ2v) is 7.92. The maximum absolute atomic E-state index is 12.9. The van der Waals surface area contributed by atoms with E-state index in [0.717, 1.165) is 36.8 Å². The van der Waals surface area contributed by atoms with Crippen molar-refractivity contribution in [3.63, 3.8) is 0 Å². The fourth-order valence-electron chi connectivity index (χ4n) is 3.01. The first kappa shape index (κ1) is 21.6. The predicted molar refractivity (Wildman–Crippen MR) is 110 cm³/mol. The van der Waals surface area contributed by atoms with Gasteiger partial charge in [0, 0.05) is 17.7 Å². The standard InChI is InChI=1S/C23H30N2O3/c1-6-7-8-9-10-13-17-14-11-12-15-18(17)20-19(16(2)24-22(27)25-20)21(26)28-23(3,4)5/h11-12,14-15,20H,6-9H2,1-5H3,(H2,24,25,27). The summed E-state index contributed by atoms with van der Waals surface area (Å²) in [6.45, 7) is 9.33. The lowest BCUT2D eigenvalue weighted by molar-refractivity contribution is -0.150. The molecule has 2 N–H and O–H groups in total. The molecule has 0 aliphatic carbocycles. The molecule has 1 aromatic carbocycles. The first-order valence-electron chi connectivity index (χ1n) is 9.82. The van der Waals surface area contributed by atoms with E-state index in [1.165, 1.54) is 0 Å². The van der Waals surface area contributed by atoms with Crippen molar-refractivity contribution >= 4 is 12.0 Å². The van der Waals surface area contributed by atoms with Gasteiger partial charge in [-0.05, 0) is 45.7 Å². The first-order valence-corrected chi connectivity index (χ1v) is 9.82. The van der Waals surface area contributed by atoms with Crippen molar-refractivity contribution in [3.05, 3.63) is 46.7 Å². The van der Waals surface area contributed by atoms with Crippen molar-refractivity contribution in [2.45, 2.75) is 71.9 Å². The molecule has 5 heteroatoms. The van der Waals surface area contributed by atoms with Crippen LogP contribution in [0.25, 0.3) is 0 Å². The van der Waals surface area contributed by atoms with Crippen LogP contribution in [0, 0.1) is 11.8 Å². The molecular weight excluding hydrogens is 352 g/mol. The normalized spacial score (nSPS) is 16.6. The summed E-state index contributed by atoms with van der Waals surface area (Å²) in [7, 11) is 0. The number of nitrogens with one attached hydrogen (secondary N) is 2. The number of allylic oxidation sites excluding steroid dienone is 1. The Morgan fingerprint density at radius 2 is 1.93 bits per heavy atom. The molecule has 1 aliphatic rings. The summed E-state index contributed by atoms with van der Waals surface area (Å²) >= 11 is 0. The number of amides is 2. The summed E-state index contributed by atoms with van der Waals surface area (Å²) in [5.41, 5.74) is 1.86. The molecular formula is C23H30N2O3. The number of benzene rings is 1. The summed E-state index contributed by atoms with van der Waals surface area (Å²) in [6.07, 6.45) is 4.21. The Bertz CT molecular complexity index is 822. The minimum Gasteiger partial charge on any atom is -0.456 e. The van der Waals surface area contributed by atoms with Gasteiger partial charge in [0.2, 0.25) is 0 Å². The van der Waals surface area contributed by atoms with Crippen molar-refractivity contribution in [2.75, 3.05) is 0 Å². The number of ether oxygens (including phenoxy) is 1. The molecule has 0 saturated carbocycles. The number of carbonyl (C=O) groups excluding carboxylic acids is 2. The fraction of sp³-hybridized carbons (Fsp3) is 0.478. The first-order chi connectivity index (χ1) is 13.2. The molecule has 0 radical (unpaired) electrons. The Hall–Kier alpha value is -2.74. The molecule has 28 heavy (non-hydrogen) atoms. The molecule has 1 aromatic rings. The minimum atomic E-state index is -0.630. The number of hydrogen-bond donors (Lipinski definition) is 2. The predicted octanol–water partition coefficient (Wildman–Crippen LogP) is 4.59. The smallest absolute Gasteiger partial charge is 0.338 e. The van der Waals surface area contributed by atoms with E-state index in [9.17, 15) is 9.59 Å². The molecule has 0 fully saturated rings. The van der Waals surface area contributed by atoms with E-state index in [4.69, 9.17) is 4.74 Å². The van der Waals surface area contributed by atoms with Crippen LogP contribution in [0.4, 0.5) is 4.79 Å². The molecule has 1 aliphatic heterocycles. The van der Waals surface area contributed by atoms with E-state index in [0.29, 0.717) is 11.3 Å². The molecule has 2 rings (SSSR count). The molecule has 0 bridgehead atoms. The van der Waals surface area contributed by atoms with Gasteiger partial charge in [-0.15, -0.1) is 0 Å². The van der Waals surface area contributed by atoms with Gasteiger partial charge in [-0.25, -0.2) is 9.59 Å². The highest BCUT2D eigenvalue weighted by Crippen LogP contribution is 2.30. The largest absolute Gasteiger partial charge is 0.456 e. The van der Waals surface area contributed by atoms with Gasteiger partial charge in [0.25, 0.3) is 0 Å². The molecule has 1 atom stereocenters. The summed E-state index contributed by atoms with van der Waals surface area (Å²) in [4.78, 5) is 25.0. The van der Waals surface area contributed by atoms with Crippen LogP contribution in [0.2, 0.25) is 0 Å². The molecule has 2 amide bonds. The Morgan fingerprint density at radius 3 is 2.61 bits per heavy atom. The Morgan fingerprint density at radius 1 is 1.21 bits per heavy atom. The van der Waals surface area contributed by atoms with E-state index >= 15 is 0 Å². The number of urea groups is 1. The van der Waals surface area contributed by atoms with Gasteiger partial charge in [0.05, 0.1) is 11.6 Å². The van der Waals surface area contributed by atoms with Gasteiger partial charge in [-0.2, -0.15) is 0 Å². The Balaban J connectivity index is 2.39. The second kappa shape index (κ2) is 9.45. The fourth-order valence-corrected chi connectivity index (χ4v) is 3.01. The lowest BCUT2D eigenvalue weighted by atomic mass is 9.92. The average molecular weight is 383 g/mol. The molecule has 1 unspecified atom stereocenters. The molecule has 0 saturated heterocycles. The Labute approximate surface area is 167 Å². The van der Waals surface area contributed by atoms with E-state index < -0.39 is 17.6 Å². The zero-order valence-corrected chi connectivity index (χ0v) is 17.4. The number of unbranched alkanes of at least 4 members (excludes halogenated alkanes) is 3. The van der Waals surface area contributed by atoms with Crippen LogP contribution in [0.1, 0.15) is 77.5 Å². The highest BCUT2D eigenvalue weighted by molar-refractivity contribution is 5.95. The summed E-state index contributed by atoms with van der Waals surface area (Å²) in [5.74, 6) is 5.97. The Kier molecular flexibility index (Phi) is 7.28. The summed E-state index contributed by atoms with van der Waals surface area (Å²) < 4.78 is 5.58. The third kappa shape index (κ3) is 5.88. The van der Waals surface area contributed by atoms with E-state index in [-0.39, 0.29) is 6.03 Å². The van der Waals surface area contributed by atoms with Crippen molar-refractivity contribution in [1.82, 2.24) is 10.6 Å². The van der Waals surface area contributed by atoms with Gasteiger partial charge in [-0.1, -0.05) is 49.8 Å². The number of carbonyl (C=O) groups is 2. The maximum atomic E-state index is 12.9. The molecule has 0 spiro atoms. The topological polar surface area (TPSA) is 67.4 Å². The zero-order chi connectivity index (χ0) is 20.7. The summed E-state index contributed by atoms with van der Waals surface area (Å²) in [6, 6.07) is 6.65. The van der Waals surface area contributed by atoms with Crippen LogP contribution in [0.5, 0.6) is 0 Å². The van der Waals surface area contributed by atoms with Crippen molar-refractivity contribution < 1.29 is 14.3 Å². The van der Waals surface area contributed by atoms with Crippen molar-refractivity contribution in [3.8, 4) is 11.8 Å². The number of hydrogen-bond acceptors (Lipinski definition) is 3. The van der Waals surface area contributed by atoms with Crippen molar-refractivity contribution in [2.24, 2.45) is 0 Å². The lowest BCUT2D eigenvalue weighted by Crippen LogP contribution is -2.46. The van der Waals surface area contributed by atoms with Crippen LogP contribution in [0.15, 0.2) is 35.5 Å². The van der Waals surface area contributed by atoms with Crippen LogP contribution >= 0.6 is 0 Å². The van der Waals surface area contributed by atoms with Crippen LogP contribution in [0.3, 0.4) is 0 Å². The highest BCUT2D eigenvalue weighted by atomic mass is 16.6. The van der Waals surface area contributed by atoms with Crippen LogP contribution in [-0.4, -0.2) is 17.6 Å². The quantitative estimate of drug-likeness (QED) is 0.445. The second-order valence-electron chi connectivity index (χ2n) is 7.92. The van der Waals surface area contributed by atoms with Crippen LogP contribution in [-0.2, 0) is 9.53 Å².